The average Bonchev–Trinajstić information content (AvgIpc) is 2.56. The van der Waals surface area contributed by atoms with Crippen LogP contribution in [0.5, 0.6) is 0 Å². The third-order valence-corrected chi connectivity index (χ3v) is 4.19. The van der Waals surface area contributed by atoms with Gasteiger partial charge in [0.25, 0.3) is 0 Å². The number of pyridine rings is 1. The van der Waals surface area contributed by atoms with Crippen molar-refractivity contribution in [3.05, 3.63) is 70.5 Å². The highest BCUT2D eigenvalue weighted by molar-refractivity contribution is 6.33. The van der Waals surface area contributed by atoms with Crippen LogP contribution in [0.15, 0.2) is 65.5 Å². The first-order chi connectivity index (χ1) is 11.1. The van der Waals surface area contributed by atoms with Gasteiger partial charge in [-0.1, -0.05) is 29.3 Å². The van der Waals surface area contributed by atoms with Gasteiger partial charge in [-0.05, 0) is 42.5 Å². The Balaban J connectivity index is 2.00. The van der Waals surface area contributed by atoms with Crippen LogP contribution in [0, 0.1) is 0 Å². The number of carbonyl (C=O) groups is 1. The minimum atomic E-state index is -0.464. The molecule has 0 atom stereocenters. The molecule has 0 bridgehead atoms. The summed E-state index contributed by atoms with van der Waals surface area (Å²) in [5.74, 6) is -0.464. The lowest BCUT2D eigenvalue weighted by molar-refractivity contribution is -0.114. The van der Waals surface area contributed by atoms with E-state index in [1.54, 1.807) is 29.3 Å². The number of amides is 1. The predicted octanol–water partition coefficient (Wildman–Crippen LogP) is 3.71. The summed E-state index contributed by atoms with van der Waals surface area (Å²) < 4.78 is 0. The van der Waals surface area contributed by atoms with Crippen molar-refractivity contribution in [3.8, 4) is 11.3 Å². The standard InChI is InChI=1S/C17H13Cl2N3O/c18-14-6-5-12(9-13(14)15-3-1-2-8-21-15)22-10-11(17(20)23)4-7-16(22)19/h1-9H,10H2,(H2,20,23). The molecule has 0 fully saturated rings. The van der Waals surface area contributed by atoms with Crippen LogP contribution in [0.3, 0.4) is 0 Å². The largest absolute Gasteiger partial charge is 0.366 e. The maximum atomic E-state index is 11.4. The van der Waals surface area contributed by atoms with E-state index in [0.29, 0.717) is 22.3 Å². The Bertz CT molecular complexity index is 816. The second kappa shape index (κ2) is 6.44. The highest BCUT2D eigenvalue weighted by Gasteiger charge is 2.19. The first kappa shape index (κ1) is 15.6. The van der Waals surface area contributed by atoms with Crippen molar-refractivity contribution in [1.29, 1.82) is 0 Å². The number of anilines is 1. The number of primary amides is 1. The summed E-state index contributed by atoms with van der Waals surface area (Å²) in [5, 5.41) is 1.10. The van der Waals surface area contributed by atoms with E-state index in [2.05, 4.69) is 4.98 Å². The summed E-state index contributed by atoms with van der Waals surface area (Å²) >= 11 is 12.6. The number of carbonyl (C=O) groups excluding carboxylic acids is 1. The van der Waals surface area contributed by atoms with Gasteiger partial charge in [0.05, 0.1) is 17.3 Å². The maximum absolute atomic E-state index is 11.4. The summed E-state index contributed by atoms with van der Waals surface area (Å²) in [5.41, 5.74) is 8.22. The lowest BCUT2D eigenvalue weighted by Crippen LogP contribution is -2.30. The van der Waals surface area contributed by atoms with E-state index in [4.69, 9.17) is 28.9 Å². The van der Waals surface area contributed by atoms with Gasteiger partial charge in [-0.25, -0.2) is 0 Å². The Kier molecular flexibility index (Phi) is 4.37. The molecule has 3 rings (SSSR count). The van der Waals surface area contributed by atoms with Crippen LogP contribution in [0.1, 0.15) is 0 Å². The fourth-order valence-electron chi connectivity index (χ4n) is 2.33. The smallest absolute Gasteiger partial charge is 0.246 e. The minimum absolute atomic E-state index is 0.313. The predicted molar refractivity (Wildman–Crippen MR) is 93.2 cm³/mol. The van der Waals surface area contributed by atoms with Gasteiger partial charge < -0.3 is 10.6 Å². The first-order valence-electron chi connectivity index (χ1n) is 6.91. The monoisotopic (exact) mass is 345 g/mol. The van der Waals surface area contributed by atoms with Crippen LogP contribution < -0.4 is 10.6 Å². The van der Waals surface area contributed by atoms with E-state index in [1.807, 2.05) is 30.3 Å². The summed E-state index contributed by atoms with van der Waals surface area (Å²) in [4.78, 5) is 17.5. The van der Waals surface area contributed by atoms with Crippen LogP contribution in [0.25, 0.3) is 11.3 Å². The van der Waals surface area contributed by atoms with Crippen molar-refractivity contribution in [3.63, 3.8) is 0 Å². The van der Waals surface area contributed by atoms with Gasteiger partial charge >= 0.3 is 0 Å². The molecule has 0 aliphatic carbocycles. The molecule has 23 heavy (non-hydrogen) atoms. The molecule has 0 saturated carbocycles. The van der Waals surface area contributed by atoms with Gasteiger partial charge in [0.15, 0.2) is 0 Å². The van der Waals surface area contributed by atoms with E-state index < -0.39 is 5.91 Å². The Morgan fingerprint density at radius 3 is 2.70 bits per heavy atom. The van der Waals surface area contributed by atoms with Crippen molar-refractivity contribution in [2.75, 3.05) is 11.4 Å². The van der Waals surface area contributed by atoms with Gasteiger partial charge in [0.2, 0.25) is 5.91 Å². The number of benzene rings is 1. The van der Waals surface area contributed by atoms with Crippen LogP contribution in [0.4, 0.5) is 5.69 Å². The summed E-state index contributed by atoms with van der Waals surface area (Å²) in [6, 6.07) is 11.1. The Morgan fingerprint density at radius 2 is 2.00 bits per heavy atom. The molecule has 1 aromatic carbocycles. The van der Waals surface area contributed by atoms with Gasteiger partial charge in [-0.3, -0.25) is 9.78 Å². The molecule has 1 aromatic heterocycles. The second-order valence-electron chi connectivity index (χ2n) is 5.01. The third-order valence-electron chi connectivity index (χ3n) is 3.53. The zero-order valence-corrected chi connectivity index (χ0v) is 13.6. The van der Waals surface area contributed by atoms with Crippen LogP contribution in [-0.4, -0.2) is 17.4 Å². The minimum Gasteiger partial charge on any atom is -0.366 e. The van der Waals surface area contributed by atoms with Crippen LogP contribution in [0.2, 0.25) is 5.02 Å². The van der Waals surface area contributed by atoms with E-state index in [-0.39, 0.29) is 0 Å². The summed E-state index contributed by atoms with van der Waals surface area (Å²) in [7, 11) is 0. The van der Waals surface area contributed by atoms with Crippen molar-refractivity contribution in [2.24, 2.45) is 5.73 Å². The maximum Gasteiger partial charge on any atom is 0.246 e. The lowest BCUT2D eigenvalue weighted by atomic mass is 10.1. The Hall–Kier alpha value is -2.30. The molecule has 1 amide bonds. The molecule has 1 aliphatic rings. The average molecular weight is 346 g/mol. The number of hydrogen-bond acceptors (Lipinski definition) is 3. The van der Waals surface area contributed by atoms with Crippen LogP contribution >= 0.6 is 23.2 Å². The van der Waals surface area contributed by atoms with E-state index in [1.165, 1.54) is 0 Å². The molecule has 1 aliphatic heterocycles. The first-order valence-corrected chi connectivity index (χ1v) is 7.66. The fourth-order valence-corrected chi connectivity index (χ4v) is 2.77. The molecule has 2 heterocycles. The molecule has 0 saturated heterocycles. The van der Waals surface area contributed by atoms with Gasteiger partial charge in [-0.15, -0.1) is 0 Å². The molecular weight excluding hydrogens is 333 g/mol. The molecule has 0 radical (unpaired) electrons. The number of nitrogens with zero attached hydrogens (tertiary/aromatic N) is 2. The van der Waals surface area contributed by atoms with E-state index in [0.717, 1.165) is 16.9 Å². The highest BCUT2D eigenvalue weighted by atomic mass is 35.5. The molecule has 2 N–H and O–H groups in total. The van der Waals surface area contributed by atoms with E-state index >= 15 is 0 Å². The quantitative estimate of drug-likeness (QED) is 0.862. The van der Waals surface area contributed by atoms with Gasteiger partial charge in [-0.2, -0.15) is 0 Å². The van der Waals surface area contributed by atoms with E-state index in [9.17, 15) is 4.79 Å². The van der Waals surface area contributed by atoms with Crippen molar-refractivity contribution in [2.45, 2.75) is 0 Å². The molecule has 4 nitrogen and oxygen atoms in total. The second-order valence-corrected chi connectivity index (χ2v) is 5.81. The zero-order valence-electron chi connectivity index (χ0n) is 12.0. The van der Waals surface area contributed by atoms with Crippen LogP contribution in [-0.2, 0) is 4.79 Å². The molecule has 6 heteroatoms. The number of allylic oxidation sites excluding steroid dienone is 2. The van der Waals surface area contributed by atoms with Crippen molar-refractivity contribution >= 4 is 34.8 Å². The zero-order chi connectivity index (χ0) is 16.4. The van der Waals surface area contributed by atoms with Crippen molar-refractivity contribution in [1.82, 2.24) is 4.98 Å². The number of rotatable bonds is 3. The summed E-state index contributed by atoms with van der Waals surface area (Å²) in [6.07, 6.45) is 5.00. The third kappa shape index (κ3) is 3.23. The van der Waals surface area contributed by atoms with Gasteiger partial charge in [0, 0.05) is 23.0 Å². The molecule has 116 valence electrons. The summed E-state index contributed by atoms with van der Waals surface area (Å²) in [6.45, 7) is 0.313. The Morgan fingerprint density at radius 1 is 1.17 bits per heavy atom. The number of hydrogen-bond donors (Lipinski definition) is 1. The molecule has 2 aromatic rings. The molecule has 0 spiro atoms. The molecule has 0 unspecified atom stereocenters. The van der Waals surface area contributed by atoms with Gasteiger partial charge in [0.1, 0.15) is 5.16 Å². The number of aromatic nitrogens is 1. The van der Waals surface area contributed by atoms with Crippen molar-refractivity contribution < 1.29 is 4.79 Å². The fraction of sp³-hybridized carbons (Fsp3) is 0.0588. The normalized spacial score (nSPS) is 14.3. The number of nitrogens with two attached hydrogens (primary N) is 1. The number of halogens is 2. The topological polar surface area (TPSA) is 59.2 Å². The SMILES string of the molecule is NC(=O)C1=CC=C(Cl)N(c2ccc(Cl)c(-c3ccccn3)c2)C1. The molecular formula is C17H13Cl2N3O. The highest BCUT2D eigenvalue weighted by Crippen LogP contribution is 2.33. The lowest BCUT2D eigenvalue weighted by Gasteiger charge is -2.27. The Labute approximate surface area is 143 Å².